The molecule has 2 aliphatic rings. The standard InChI is InChI=1S/C22H25ClN2O2/c1-15-3-2-11-25(15)12-10-16-4-6-17(7-5-16)19-9-8-18(13-20(19)23)21-14-27-22(26)24-21/h4-9,13,15,21H,2-3,10-12,14H2,1H3,(H,24,26)/t15-,21+/m1/s1. The van der Waals surface area contributed by atoms with Gasteiger partial charge in [0, 0.05) is 23.2 Å². The predicted molar refractivity (Wildman–Crippen MR) is 108 cm³/mol. The largest absolute Gasteiger partial charge is 0.447 e. The first kappa shape index (κ1) is 18.3. The molecule has 0 bridgehead atoms. The molecule has 0 unspecified atom stereocenters. The lowest BCUT2D eigenvalue weighted by atomic mass is 9.99. The van der Waals surface area contributed by atoms with E-state index in [1.54, 1.807) is 0 Å². The van der Waals surface area contributed by atoms with Crippen LogP contribution in [-0.2, 0) is 11.2 Å². The topological polar surface area (TPSA) is 41.6 Å². The Balaban J connectivity index is 1.43. The highest BCUT2D eigenvalue weighted by molar-refractivity contribution is 6.33. The monoisotopic (exact) mass is 384 g/mol. The third kappa shape index (κ3) is 4.12. The van der Waals surface area contributed by atoms with Crippen molar-refractivity contribution in [2.45, 2.75) is 38.3 Å². The average Bonchev–Trinajstić information content (AvgIpc) is 3.29. The van der Waals surface area contributed by atoms with Gasteiger partial charge in [-0.25, -0.2) is 4.79 Å². The SMILES string of the molecule is C[C@@H]1CCCN1CCc1ccc(-c2ccc([C@@H]3COC(=O)N3)cc2Cl)cc1. The molecule has 4 rings (SSSR count). The molecule has 0 radical (unpaired) electrons. The van der Waals surface area contributed by atoms with Crippen LogP contribution in [0.15, 0.2) is 42.5 Å². The summed E-state index contributed by atoms with van der Waals surface area (Å²) in [4.78, 5) is 13.8. The fraction of sp³-hybridized carbons (Fsp3) is 0.409. The summed E-state index contributed by atoms with van der Waals surface area (Å²) in [6.07, 6.45) is 3.35. The Bertz CT molecular complexity index is 822. The Hall–Kier alpha value is -2.04. The lowest BCUT2D eigenvalue weighted by Gasteiger charge is -2.20. The van der Waals surface area contributed by atoms with Gasteiger partial charge >= 0.3 is 6.09 Å². The van der Waals surface area contributed by atoms with Crippen molar-refractivity contribution in [2.75, 3.05) is 19.7 Å². The second-order valence-electron chi connectivity index (χ2n) is 7.51. The van der Waals surface area contributed by atoms with Gasteiger partial charge in [-0.2, -0.15) is 0 Å². The van der Waals surface area contributed by atoms with E-state index in [1.165, 1.54) is 24.9 Å². The van der Waals surface area contributed by atoms with E-state index in [0.717, 1.165) is 35.7 Å². The molecule has 0 saturated carbocycles. The van der Waals surface area contributed by atoms with E-state index < -0.39 is 0 Å². The van der Waals surface area contributed by atoms with Gasteiger partial charge in [-0.3, -0.25) is 0 Å². The van der Waals surface area contributed by atoms with Crippen molar-refractivity contribution in [2.24, 2.45) is 0 Å². The van der Waals surface area contributed by atoms with E-state index >= 15 is 0 Å². The number of amides is 1. The van der Waals surface area contributed by atoms with E-state index in [9.17, 15) is 4.79 Å². The highest BCUT2D eigenvalue weighted by atomic mass is 35.5. The fourth-order valence-corrected chi connectivity index (χ4v) is 4.29. The summed E-state index contributed by atoms with van der Waals surface area (Å²) in [5, 5.41) is 3.47. The average molecular weight is 385 g/mol. The van der Waals surface area contributed by atoms with Gasteiger partial charge in [-0.1, -0.05) is 48.0 Å². The van der Waals surface area contributed by atoms with Crippen LogP contribution in [0.2, 0.25) is 5.02 Å². The summed E-state index contributed by atoms with van der Waals surface area (Å²) < 4.78 is 4.96. The Morgan fingerprint density at radius 1 is 1.22 bits per heavy atom. The molecule has 2 fully saturated rings. The smallest absolute Gasteiger partial charge is 0.407 e. The van der Waals surface area contributed by atoms with Gasteiger partial charge in [-0.05, 0) is 55.5 Å². The lowest BCUT2D eigenvalue weighted by Crippen LogP contribution is -2.28. The number of benzene rings is 2. The van der Waals surface area contributed by atoms with Gasteiger partial charge in [0.15, 0.2) is 0 Å². The number of alkyl carbamates (subject to hydrolysis) is 1. The van der Waals surface area contributed by atoms with Crippen molar-refractivity contribution in [3.05, 3.63) is 58.6 Å². The van der Waals surface area contributed by atoms with Crippen molar-refractivity contribution in [3.8, 4) is 11.1 Å². The van der Waals surface area contributed by atoms with Crippen molar-refractivity contribution >= 4 is 17.7 Å². The number of nitrogens with zero attached hydrogens (tertiary/aromatic N) is 1. The molecule has 4 nitrogen and oxygen atoms in total. The summed E-state index contributed by atoms with van der Waals surface area (Å²) in [7, 11) is 0. The Kier molecular flexibility index (Phi) is 5.37. The summed E-state index contributed by atoms with van der Waals surface area (Å²) in [5.74, 6) is 0. The Labute approximate surface area is 165 Å². The Morgan fingerprint density at radius 2 is 2.04 bits per heavy atom. The molecule has 0 spiro atoms. The zero-order chi connectivity index (χ0) is 18.8. The minimum atomic E-state index is -0.376. The molecule has 2 aromatic rings. The van der Waals surface area contributed by atoms with E-state index in [1.807, 2.05) is 18.2 Å². The Morgan fingerprint density at radius 3 is 2.67 bits per heavy atom. The molecule has 0 aliphatic carbocycles. The molecule has 0 aromatic heterocycles. The maximum absolute atomic E-state index is 11.2. The summed E-state index contributed by atoms with van der Waals surface area (Å²) in [6.45, 7) is 5.03. The zero-order valence-corrected chi connectivity index (χ0v) is 16.3. The van der Waals surface area contributed by atoms with Crippen molar-refractivity contribution in [1.29, 1.82) is 0 Å². The van der Waals surface area contributed by atoms with Crippen molar-refractivity contribution in [1.82, 2.24) is 10.2 Å². The second-order valence-corrected chi connectivity index (χ2v) is 7.92. The molecule has 27 heavy (non-hydrogen) atoms. The van der Waals surface area contributed by atoms with E-state index in [4.69, 9.17) is 16.3 Å². The summed E-state index contributed by atoms with van der Waals surface area (Å²) >= 11 is 6.52. The van der Waals surface area contributed by atoms with Gasteiger partial charge < -0.3 is 15.0 Å². The highest BCUT2D eigenvalue weighted by Gasteiger charge is 2.24. The van der Waals surface area contributed by atoms with Crippen LogP contribution in [0.5, 0.6) is 0 Å². The van der Waals surface area contributed by atoms with Crippen molar-refractivity contribution in [3.63, 3.8) is 0 Å². The van der Waals surface area contributed by atoms with Crippen LogP contribution >= 0.6 is 11.6 Å². The molecule has 142 valence electrons. The number of halogens is 1. The first-order chi connectivity index (χ1) is 13.1. The second kappa shape index (κ2) is 7.91. The van der Waals surface area contributed by atoms with Crippen LogP contribution in [0.1, 0.15) is 36.9 Å². The maximum Gasteiger partial charge on any atom is 0.407 e. The fourth-order valence-electron chi connectivity index (χ4n) is 4.00. The molecular formula is C22H25ClN2O2. The van der Waals surface area contributed by atoms with Crippen molar-refractivity contribution < 1.29 is 9.53 Å². The number of carbonyl (C=O) groups is 1. The third-order valence-electron chi connectivity index (χ3n) is 5.71. The molecule has 1 amide bonds. The number of hydrogen-bond acceptors (Lipinski definition) is 3. The first-order valence-electron chi connectivity index (χ1n) is 9.66. The molecule has 2 aliphatic heterocycles. The van der Waals surface area contributed by atoms with Gasteiger partial charge in [0.1, 0.15) is 6.61 Å². The van der Waals surface area contributed by atoms with Crippen LogP contribution in [-0.4, -0.2) is 36.7 Å². The molecular weight excluding hydrogens is 360 g/mol. The maximum atomic E-state index is 11.2. The molecule has 2 aromatic carbocycles. The van der Waals surface area contributed by atoms with Gasteiger partial charge in [-0.15, -0.1) is 0 Å². The molecule has 2 heterocycles. The normalized spacial score (nSPS) is 22.7. The number of ether oxygens (including phenoxy) is 1. The van der Waals surface area contributed by atoms with Gasteiger partial charge in [0.25, 0.3) is 0 Å². The number of rotatable bonds is 5. The predicted octanol–water partition coefficient (Wildman–Crippen LogP) is 4.81. The third-order valence-corrected chi connectivity index (χ3v) is 6.02. The first-order valence-corrected chi connectivity index (χ1v) is 10.0. The van der Waals surface area contributed by atoms with Gasteiger partial charge in [0.05, 0.1) is 6.04 Å². The molecule has 5 heteroatoms. The molecule has 1 N–H and O–H groups in total. The minimum Gasteiger partial charge on any atom is -0.447 e. The van der Waals surface area contributed by atoms with Gasteiger partial charge in [0.2, 0.25) is 0 Å². The lowest BCUT2D eigenvalue weighted by molar-refractivity contribution is 0.177. The van der Waals surface area contributed by atoms with Crippen LogP contribution < -0.4 is 5.32 Å². The quantitative estimate of drug-likeness (QED) is 0.803. The van der Waals surface area contributed by atoms with Crippen LogP contribution in [0.4, 0.5) is 4.79 Å². The van der Waals surface area contributed by atoms with Crippen LogP contribution in [0.25, 0.3) is 11.1 Å². The van der Waals surface area contributed by atoms with E-state index in [0.29, 0.717) is 11.6 Å². The summed E-state index contributed by atoms with van der Waals surface area (Å²) in [6, 6.07) is 15.2. The minimum absolute atomic E-state index is 0.126. The number of carbonyl (C=O) groups excluding carboxylic acids is 1. The number of likely N-dealkylation sites (tertiary alicyclic amines) is 1. The highest BCUT2D eigenvalue weighted by Crippen LogP contribution is 2.31. The number of nitrogens with one attached hydrogen (secondary N) is 1. The van der Waals surface area contributed by atoms with Crippen LogP contribution in [0, 0.1) is 0 Å². The molecule has 2 atom stereocenters. The number of hydrogen-bond donors (Lipinski definition) is 1. The van der Waals surface area contributed by atoms with E-state index in [2.05, 4.69) is 41.4 Å². The zero-order valence-electron chi connectivity index (χ0n) is 15.6. The molecule has 2 saturated heterocycles. The van der Waals surface area contributed by atoms with E-state index in [-0.39, 0.29) is 12.1 Å². The summed E-state index contributed by atoms with van der Waals surface area (Å²) in [5.41, 5.74) is 4.43. The number of cyclic esters (lactones) is 1. The van der Waals surface area contributed by atoms with Crippen LogP contribution in [0.3, 0.4) is 0 Å².